The van der Waals surface area contributed by atoms with Crippen molar-refractivity contribution in [3.05, 3.63) is 35.6 Å². The SMILES string of the molecule is CC1CC(c2ncc3nc(-c4cccs4)cc-3[nH]2)CCN1. The van der Waals surface area contributed by atoms with Crippen LogP contribution in [0, 0.1) is 0 Å². The van der Waals surface area contributed by atoms with Crippen molar-refractivity contribution in [2.45, 2.75) is 31.7 Å². The average molecular weight is 298 g/mol. The Balaban J connectivity index is 1.68. The van der Waals surface area contributed by atoms with Gasteiger partial charge in [0, 0.05) is 12.0 Å². The third-order valence-electron chi connectivity index (χ3n) is 4.17. The molecule has 3 aliphatic heterocycles. The molecular formula is C16H18N4S. The summed E-state index contributed by atoms with van der Waals surface area (Å²) in [5.74, 6) is 1.62. The van der Waals surface area contributed by atoms with E-state index in [1.807, 2.05) is 6.20 Å². The van der Waals surface area contributed by atoms with Crippen LogP contribution in [0.3, 0.4) is 0 Å². The van der Waals surface area contributed by atoms with Gasteiger partial charge < -0.3 is 10.3 Å². The van der Waals surface area contributed by atoms with Crippen molar-refractivity contribution in [2.24, 2.45) is 0 Å². The molecule has 2 N–H and O–H groups in total. The Morgan fingerprint density at radius 3 is 3.10 bits per heavy atom. The fourth-order valence-corrected chi connectivity index (χ4v) is 3.76. The molecule has 1 fully saturated rings. The summed E-state index contributed by atoms with van der Waals surface area (Å²) in [5, 5.41) is 5.57. The van der Waals surface area contributed by atoms with Crippen LogP contribution in [0.15, 0.2) is 29.8 Å². The summed E-state index contributed by atoms with van der Waals surface area (Å²) in [7, 11) is 0. The second kappa shape index (κ2) is 5.24. The molecule has 1 aromatic rings. The highest BCUT2D eigenvalue weighted by atomic mass is 32.1. The van der Waals surface area contributed by atoms with Crippen LogP contribution < -0.4 is 5.32 Å². The summed E-state index contributed by atoms with van der Waals surface area (Å²) in [5.41, 5.74) is 3.08. The van der Waals surface area contributed by atoms with E-state index < -0.39 is 0 Å². The molecule has 0 saturated carbocycles. The number of fused-ring (bicyclic) bond motifs is 1. The molecule has 21 heavy (non-hydrogen) atoms. The molecule has 0 spiro atoms. The van der Waals surface area contributed by atoms with Gasteiger partial charge >= 0.3 is 0 Å². The van der Waals surface area contributed by atoms with Crippen LogP contribution in [-0.2, 0) is 0 Å². The molecule has 4 nitrogen and oxygen atoms in total. The van der Waals surface area contributed by atoms with Crippen molar-refractivity contribution >= 4 is 11.3 Å². The van der Waals surface area contributed by atoms with Gasteiger partial charge in [0.2, 0.25) is 0 Å². The number of H-pyrrole nitrogens is 1. The van der Waals surface area contributed by atoms with E-state index in [4.69, 9.17) is 0 Å². The van der Waals surface area contributed by atoms with E-state index in [0.717, 1.165) is 42.3 Å². The fourth-order valence-electron chi connectivity index (χ4n) is 3.07. The number of piperidine rings is 1. The maximum absolute atomic E-state index is 4.66. The minimum absolute atomic E-state index is 0.519. The van der Waals surface area contributed by atoms with E-state index in [-0.39, 0.29) is 0 Å². The predicted molar refractivity (Wildman–Crippen MR) is 85.8 cm³/mol. The van der Waals surface area contributed by atoms with Gasteiger partial charge in [-0.25, -0.2) is 9.97 Å². The second-order valence-electron chi connectivity index (χ2n) is 5.76. The van der Waals surface area contributed by atoms with Crippen LogP contribution >= 0.6 is 11.3 Å². The van der Waals surface area contributed by atoms with Gasteiger partial charge in [0.15, 0.2) is 0 Å². The van der Waals surface area contributed by atoms with Crippen molar-refractivity contribution in [2.75, 3.05) is 6.54 Å². The molecule has 108 valence electrons. The molecule has 4 heterocycles. The smallest absolute Gasteiger partial charge is 0.109 e. The summed E-state index contributed by atoms with van der Waals surface area (Å²) in [6.45, 7) is 3.31. The fraction of sp³-hybridized carbons (Fsp3) is 0.375. The number of thiophene rings is 1. The summed E-state index contributed by atoms with van der Waals surface area (Å²) in [4.78, 5) is 14.0. The number of nitrogens with zero attached hydrogens (tertiary/aromatic N) is 2. The number of aromatic nitrogens is 3. The summed E-state index contributed by atoms with van der Waals surface area (Å²) in [6, 6.07) is 6.86. The molecule has 2 unspecified atom stereocenters. The third kappa shape index (κ3) is 2.47. The van der Waals surface area contributed by atoms with Gasteiger partial charge in [-0.05, 0) is 43.8 Å². The van der Waals surface area contributed by atoms with Crippen LogP contribution in [0.4, 0.5) is 0 Å². The highest BCUT2D eigenvalue weighted by molar-refractivity contribution is 7.13. The Labute approximate surface area is 128 Å². The van der Waals surface area contributed by atoms with Gasteiger partial charge in [0.25, 0.3) is 0 Å². The third-order valence-corrected chi connectivity index (χ3v) is 5.06. The molecule has 0 radical (unpaired) electrons. The Morgan fingerprint density at radius 1 is 1.33 bits per heavy atom. The number of aromatic amines is 1. The van der Waals surface area contributed by atoms with E-state index in [9.17, 15) is 0 Å². The Bertz CT molecular complexity index is 703. The van der Waals surface area contributed by atoms with Crippen LogP contribution in [0.25, 0.3) is 22.0 Å². The zero-order valence-electron chi connectivity index (χ0n) is 12.0. The van der Waals surface area contributed by atoms with Crippen LogP contribution in [-0.4, -0.2) is 27.5 Å². The summed E-state index contributed by atoms with van der Waals surface area (Å²) >= 11 is 1.72. The lowest BCUT2D eigenvalue weighted by atomic mass is 9.92. The van der Waals surface area contributed by atoms with Crippen molar-refractivity contribution in [3.63, 3.8) is 0 Å². The van der Waals surface area contributed by atoms with Crippen molar-refractivity contribution < 1.29 is 0 Å². The van der Waals surface area contributed by atoms with Gasteiger partial charge in [-0.3, -0.25) is 0 Å². The second-order valence-corrected chi connectivity index (χ2v) is 6.71. The molecule has 5 heteroatoms. The number of hydrogen-bond donors (Lipinski definition) is 2. The number of rotatable bonds is 2. The molecular weight excluding hydrogens is 280 g/mol. The highest BCUT2D eigenvalue weighted by Gasteiger charge is 2.23. The normalized spacial score (nSPS) is 22.7. The first-order chi connectivity index (χ1) is 10.3. The standard InChI is InChI=1S/C16H18N4S/c1-10-7-11(4-5-17-10)16-18-9-14-12(20-16)8-13(19-14)15-3-2-6-21-15/h2-3,6,8-11,17H,4-5,7H2,1H3,(H,18,20). The zero-order valence-corrected chi connectivity index (χ0v) is 12.8. The minimum Gasteiger partial charge on any atom is -0.342 e. The van der Waals surface area contributed by atoms with E-state index in [1.54, 1.807) is 11.3 Å². The van der Waals surface area contributed by atoms with Crippen molar-refractivity contribution in [1.29, 1.82) is 0 Å². The maximum Gasteiger partial charge on any atom is 0.109 e. The number of hydrogen-bond acceptors (Lipinski definition) is 4. The molecule has 4 rings (SSSR count). The van der Waals surface area contributed by atoms with Gasteiger partial charge in [0.1, 0.15) is 11.5 Å². The van der Waals surface area contributed by atoms with Gasteiger partial charge in [-0.15, -0.1) is 11.3 Å². The lowest BCUT2D eigenvalue weighted by Gasteiger charge is -2.27. The highest BCUT2D eigenvalue weighted by Crippen LogP contribution is 2.32. The number of nitrogens with one attached hydrogen (secondary N) is 2. The molecule has 3 aliphatic rings. The first kappa shape index (κ1) is 13.0. The average Bonchev–Trinajstić information content (AvgIpc) is 3.15. The Hall–Kier alpha value is -1.72. The predicted octanol–water partition coefficient (Wildman–Crippen LogP) is 3.49. The van der Waals surface area contributed by atoms with Crippen molar-refractivity contribution in [3.8, 4) is 22.0 Å². The van der Waals surface area contributed by atoms with E-state index in [0.29, 0.717) is 12.0 Å². The lowest BCUT2D eigenvalue weighted by molar-refractivity contribution is 0.371. The maximum atomic E-state index is 4.66. The molecule has 1 saturated heterocycles. The lowest BCUT2D eigenvalue weighted by Crippen LogP contribution is -2.35. The monoisotopic (exact) mass is 298 g/mol. The quantitative estimate of drug-likeness (QED) is 0.761. The topological polar surface area (TPSA) is 53.6 Å². The van der Waals surface area contributed by atoms with Crippen LogP contribution in [0.1, 0.15) is 31.5 Å². The summed E-state index contributed by atoms with van der Waals surface area (Å²) < 4.78 is 0. The minimum atomic E-state index is 0.519. The molecule has 0 aliphatic carbocycles. The zero-order chi connectivity index (χ0) is 14.2. The van der Waals surface area contributed by atoms with Gasteiger partial charge in [-0.1, -0.05) is 6.07 Å². The first-order valence-corrected chi connectivity index (χ1v) is 8.30. The Kier molecular flexibility index (Phi) is 3.24. The Morgan fingerprint density at radius 2 is 2.29 bits per heavy atom. The van der Waals surface area contributed by atoms with E-state index in [2.05, 4.69) is 50.8 Å². The van der Waals surface area contributed by atoms with Gasteiger partial charge in [0.05, 0.1) is 22.5 Å². The summed E-state index contributed by atoms with van der Waals surface area (Å²) in [6.07, 6.45) is 4.19. The van der Waals surface area contributed by atoms with Crippen molar-refractivity contribution in [1.82, 2.24) is 20.3 Å². The first-order valence-electron chi connectivity index (χ1n) is 7.42. The molecule has 1 aromatic heterocycles. The van der Waals surface area contributed by atoms with Crippen LogP contribution in [0.2, 0.25) is 0 Å². The largest absolute Gasteiger partial charge is 0.342 e. The molecule has 2 atom stereocenters. The van der Waals surface area contributed by atoms with E-state index >= 15 is 0 Å². The molecule has 0 amide bonds. The van der Waals surface area contributed by atoms with Crippen LogP contribution in [0.5, 0.6) is 0 Å². The molecule has 0 aromatic carbocycles. The molecule has 0 bridgehead atoms. The van der Waals surface area contributed by atoms with Gasteiger partial charge in [-0.2, -0.15) is 0 Å². The van der Waals surface area contributed by atoms with E-state index in [1.165, 1.54) is 4.88 Å².